The van der Waals surface area contributed by atoms with E-state index in [1.165, 1.54) is 12.1 Å². The van der Waals surface area contributed by atoms with Gasteiger partial charge in [-0.25, -0.2) is 0 Å². The number of rotatable bonds is 4. The van der Waals surface area contributed by atoms with Gasteiger partial charge in [-0.2, -0.15) is 13.2 Å². The number of ether oxygens (including phenoxy) is 1. The molecule has 5 heteroatoms. The van der Waals surface area contributed by atoms with Crippen molar-refractivity contribution in [1.29, 1.82) is 0 Å². The Morgan fingerprint density at radius 1 is 1.25 bits per heavy atom. The zero-order valence-corrected chi connectivity index (χ0v) is 8.92. The molecule has 1 rings (SSSR count). The number of nitrogens with two attached hydrogens (primary N) is 1. The molecule has 0 saturated heterocycles. The van der Waals surface area contributed by atoms with Gasteiger partial charge in [0.1, 0.15) is 5.75 Å². The van der Waals surface area contributed by atoms with Gasteiger partial charge in [0.15, 0.2) is 6.61 Å². The van der Waals surface area contributed by atoms with Crippen LogP contribution in [-0.2, 0) is 0 Å². The second kappa shape index (κ2) is 5.21. The first-order valence-corrected chi connectivity index (χ1v) is 4.97. The summed E-state index contributed by atoms with van der Waals surface area (Å²) in [6.45, 7) is 0.672. The molecule has 0 bridgehead atoms. The van der Waals surface area contributed by atoms with Crippen LogP contribution in [0.2, 0.25) is 0 Å². The molecule has 1 atom stereocenters. The lowest BCUT2D eigenvalue weighted by Crippen LogP contribution is -2.19. The third kappa shape index (κ3) is 4.10. The molecule has 0 amide bonds. The Labute approximate surface area is 92.2 Å². The van der Waals surface area contributed by atoms with Crippen molar-refractivity contribution in [2.75, 3.05) is 6.61 Å². The van der Waals surface area contributed by atoms with Gasteiger partial charge in [0, 0.05) is 6.04 Å². The minimum Gasteiger partial charge on any atom is -0.484 e. The lowest BCUT2D eigenvalue weighted by Gasteiger charge is -2.11. The molecule has 0 aromatic heterocycles. The normalized spacial score (nSPS) is 13.6. The largest absolute Gasteiger partial charge is 0.484 e. The maximum Gasteiger partial charge on any atom is 0.422 e. The van der Waals surface area contributed by atoms with Crippen molar-refractivity contribution >= 4 is 0 Å². The number of benzene rings is 1. The SMILES string of the molecule is CC[C@@H](N)c1ccc(OCC(F)(F)F)cc1. The average molecular weight is 233 g/mol. The second-order valence-electron chi connectivity index (χ2n) is 3.49. The molecule has 0 spiro atoms. The second-order valence-corrected chi connectivity index (χ2v) is 3.49. The van der Waals surface area contributed by atoms with Gasteiger partial charge in [-0.1, -0.05) is 19.1 Å². The summed E-state index contributed by atoms with van der Waals surface area (Å²) in [7, 11) is 0. The molecule has 0 saturated carbocycles. The van der Waals surface area contributed by atoms with Crippen LogP contribution >= 0.6 is 0 Å². The molecule has 90 valence electrons. The van der Waals surface area contributed by atoms with E-state index in [2.05, 4.69) is 4.74 Å². The lowest BCUT2D eigenvalue weighted by atomic mass is 10.1. The molecule has 0 heterocycles. The number of halogens is 3. The summed E-state index contributed by atoms with van der Waals surface area (Å²) in [5, 5.41) is 0. The van der Waals surface area contributed by atoms with E-state index in [1.807, 2.05) is 6.92 Å². The van der Waals surface area contributed by atoms with Crippen molar-refractivity contribution in [3.63, 3.8) is 0 Å². The quantitative estimate of drug-likeness (QED) is 0.867. The fourth-order valence-corrected chi connectivity index (χ4v) is 1.21. The molecule has 0 aliphatic heterocycles. The van der Waals surface area contributed by atoms with Gasteiger partial charge in [-0.3, -0.25) is 0 Å². The van der Waals surface area contributed by atoms with E-state index in [1.54, 1.807) is 12.1 Å². The molecular weight excluding hydrogens is 219 g/mol. The molecular formula is C11H14F3NO. The molecule has 0 fully saturated rings. The zero-order valence-electron chi connectivity index (χ0n) is 8.92. The zero-order chi connectivity index (χ0) is 12.2. The Hall–Kier alpha value is -1.23. The molecule has 0 aliphatic carbocycles. The van der Waals surface area contributed by atoms with Crippen LogP contribution in [0.4, 0.5) is 13.2 Å². The highest BCUT2D eigenvalue weighted by Crippen LogP contribution is 2.21. The number of hydrogen-bond acceptors (Lipinski definition) is 2. The molecule has 1 aromatic carbocycles. The average Bonchev–Trinajstić information content (AvgIpc) is 2.25. The summed E-state index contributed by atoms with van der Waals surface area (Å²) < 4.78 is 40.1. The molecule has 2 nitrogen and oxygen atoms in total. The van der Waals surface area contributed by atoms with Crippen molar-refractivity contribution < 1.29 is 17.9 Å². The fraction of sp³-hybridized carbons (Fsp3) is 0.455. The topological polar surface area (TPSA) is 35.2 Å². The molecule has 2 N–H and O–H groups in total. The minimum absolute atomic E-state index is 0.0864. The summed E-state index contributed by atoms with van der Waals surface area (Å²) in [5.41, 5.74) is 6.66. The van der Waals surface area contributed by atoms with Crippen LogP contribution in [-0.4, -0.2) is 12.8 Å². The van der Waals surface area contributed by atoms with E-state index in [4.69, 9.17) is 5.73 Å². The van der Waals surface area contributed by atoms with Crippen molar-refractivity contribution in [2.45, 2.75) is 25.6 Å². The molecule has 16 heavy (non-hydrogen) atoms. The van der Waals surface area contributed by atoms with Crippen LogP contribution < -0.4 is 10.5 Å². The number of alkyl halides is 3. The van der Waals surface area contributed by atoms with Gasteiger partial charge in [-0.15, -0.1) is 0 Å². The third-order valence-corrected chi connectivity index (χ3v) is 2.15. The summed E-state index contributed by atoms with van der Waals surface area (Å²) in [4.78, 5) is 0. The first-order chi connectivity index (χ1) is 7.42. The maximum absolute atomic E-state index is 11.9. The van der Waals surface area contributed by atoms with E-state index in [0.29, 0.717) is 0 Å². The van der Waals surface area contributed by atoms with E-state index < -0.39 is 12.8 Å². The van der Waals surface area contributed by atoms with E-state index in [-0.39, 0.29) is 11.8 Å². The van der Waals surface area contributed by atoms with Crippen LogP contribution in [0.25, 0.3) is 0 Å². The smallest absolute Gasteiger partial charge is 0.422 e. The predicted molar refractivity (Wildman–Crippen MR) is 55.2 cm³/mol. The highest BCUT2D eigenvalue weighted by Gasteiger charge is 2.28. The Bertz CT molecular complexity index is 321. The van der Waals surface area contributed by atoms with Crippen LogP contribution in [0.5, 0.6) is 5.75 Å². The Balaban J connectivity index is 2.58. The lowest BCUT2D eigenvalue weighted by molar-refractivity contribution is -0.153. The summed E-state index contributed by atoms with van der Waals surface area (Å²) in [5.74, 6) is 0.198. The van der Waals surface area contributed by atoms with Crippen molar-refractivity contribution in [3.05, 3.63) is 29.8 Å². The van der Waals surface area contributed by atoms with E-state index in [9.17, 15) is 13.2 Å². The predicted octanol–water partition coefficient (Wildman–Crippen LogP) is 3.04. The summed E-state index contributed by atoms with van der Waals surface area (Å²) >= 11 is 0. The Kier molecular flexibility index (Phi) is 4.18. The fourth-order valence-electron chi connectivity index (χ4n) is 1.21. The molecule has 0 unspecified atom stereocenters. The Morgan fingerprint density at radius 3 is 2.25 bits per heavy atom. The maximum atomic E-state index is 11.9. The van der Waals surface area contributed by atoms with Crippen LogP contribution in [0.3, 0.4) is 0 Å². The first-order valence-electron chi connectivity index (χ1n) is 4.97. The molecule has 1 aromatic rings. The summed E-state index contributed by atoms with van der Waals surface area (Å²) in [6.07, 6.45) is -3.53. The van der Waals surface area contributed by atoms with Crippen LogP contribution in [0.15, 0.2) is 24.3 Å². The third-order valence-electron chi connectivity index (χ3n) is 2.15. The van der Waals surface area contributed by atoms with Crippen molar-refractivity contribution in [1.82, 2.24) is 0 Å². The van der Waals surface area contributed by atoms with Crippen LogP contribution in [0.1, 0.15) is 24.9 Å². The molecule has 0 aliphatic rings. The summed E-state index contributed by atoms with van der Waals surface area (Å²) in [6, 6.07) is 6.27. The highest BCUT2D eigenvalue weighted by atomic mass is 19.4. The van der Waals surface area contributed by atoms with Crippen molar-refractivity contribution in [3.8, 4) is 5.75 Å². The van der Waals surface area contributed by atoms with Gasteiger partial charge in [0.05, 0.1) is 0 Å². The monoisotopic (exact) mass is 233 g/mol. The van der Waals surface area contributed by atoms with Crippen molar-refractivity contribution in [2.24, 2.45) is 5.73 Å². The number of hydrogen-bond donors (Lipinski definition) is 1. The molecule has 0 radical (unpaired) electrons. The first kappa shape index (κ1) is 12.8. The van der Waals surface area contributed by atoms with Crippen LogP contribution in [0, 0.1) is 0 Å². The van der Waals surface area contributed by atoms with E-state index in [0.717, 1.165) is 12.0 Å². The van der Waals surface area contributed by atoms with Gasteiger partial charge in [0.25, 0.3) is 0 Å². The Morgan fingerprint density at radius 2 is 1.81 bits per heavy atom. The highest BCUT2D eigenvalue weighted by molar-refractivity contribution is 5.28. The van der Waals surface area contributed by atoms with Gasteiger partial charge in [-0.05, 0) is 24.1 Å². The van der Waals surface area contributed by atoms with Gasteiger partial charge < -0.3 is 10.5 Å². The van der Waals surface area contributed by atoms with Gasteiger partial charge in [0.2, 0.25) is 0 Å². The standard InChI is InChI=1S/C11H14F3NO/c1-2-10(15)8-3-5-9(6-4-8)16-7-11(12,13)14/h3-6,10H,2,7,15H2,1H3/t10-/m1/s1. The van der Waals surface area contributed by atoms with E-state index >= 15 is 0 Å². The van der Waals surface area contributed by atoms with Gasteiger partial charge >= 0.3 is 6.18 Å². The minimum atomic E-state index is -4.31.